The Balaban J connectivity index is 2.04. The monoisotopic (exact) mass is 249 g/mol. The first kappa shape index (κ1) is 13.5. The van der Waals surface area contributed by atoms with Crippen LogP contribution in [0.1, 0.15) is 56.5 Å². The van der Waals surface area contributed by atoms with Crippen LogP contribution in [0.4, 0.5) is 0 Å². The second-order valence-corrected chi connectivity index (χ2v) is 4.89. The molecule has 0 N–H and O–H groups in total. The molecule has 2 heterocycles. The molecule has 3 heteroatoms. The summed E-state index contributed by atoms with van der Waals surface area (Å²) in [7, 11) is 0. The van der Waals surface area contributed by atoms with Gasteiger partial charge in [0.05, 0.1) is 11.8 Å². The highest BCUT2D eigenvalue weighted by molar-refractivity contribution is 5.16. The molecule has 1 aliphatic rings. The van der Waals surface area contributed by atoms with Gasteiger partial charge < -0.3 is 9.47 Å². The fourth-order valence-corrected chi connectivity index (χ4v) is 2.30. The van der Waals surface area contributed by atoms with Crippen LogP contribution in [-0.2, 0) is 9.47 Å². The first-order valence-corrected chi connectivity index (χ1v) is 6.97. The van der Waals surface area contributed by atoms with Gasteiger partial charge in [-0.15, -0.1) is 0 Å². The van der Waals surface area contributed by atoms with Crippen molar-refractivity contribution in [3.63, 3.8) is 0 Å². The zero-order valence-electron chi connectivity index (χ0n) is 11.4. The van der Waals surface area contributed by atoms with Gasteiger partial charge in [-0.05, 0) is 38.3 Å². The predicted molar refractivity (Wildman–Crippen MR) is 71.7 cm³/mol. The third-order valence-electron chi connectivity index (χ3n) is 3.42. The Morgan fingerprint density at radius 2 is 2.17 bits per heavy atom. The van der Waals surface area contributed by atoms with Crippen molar-refractivity contribution < 1.29 is 9.47 Å². The first-order chi connectivity index (χ1) is 8.81. The van der Waals surface area contributed by atoms with Gasteiger partial charge in [0.15, 0.2) is 0 Å². The summed E-state index contributed by atoms with van der Waals surface area (Å²) in [6, 6.07) is 6.29. The summed E-state index contributed by atoms with van der Waals surface area (Å²) in [5.41, 5.74) is 2.25. The van der Waals surface area contributed by atoms with Gasteiger partial charge in [0.1, 0.15) is 0 Å². The van der Waals surface area contributed by atoms with Gasteiger partial charge in [0, 0.05) is 31.4 Å². The highest BCUT2D eigenvalue weighted by Crippen LogP contribution is 2.26. The van der Waals surface area contributed by atoms with Crippen LogP contribution in [0, 0.1) is 0 Å². The Labute approximate surface area is 110 Å². The maximum absolute atomic E-state index is 5.73. The summed E-state index contributed by atoms with van der Waals surface area (Å²) in [6.45, 7) is 6.71. The molecule has 3 nitrogen and oxygen atoms in total. The van der Waals surface area contributed by atoms with E-state index < -0.39 is 0 Å². The van der Waals surface area contributed by atoms with Gasteiger partial charge >= 0.3 is 0 Å². The fourth-order valence-electron chi connectivity index (χ4n) is 2.30. The Hall–Kier alpha value is -0.930. The molecule has 2 rings (SSSR count). The van der Waals surface area contributed by atoms with Gasteiger partial charge in [-0.3, -0.25) is 4.98 Å². The van der Waals surface area contributed by atoms with E-state index in [1.807, 2.05) is 0 Å². The molecule has 0 saturated carbocycles. The van der Waals surface area contributed by atoms with Crippen LogP contribution in [0.5, 0.6) is 0 Å². The maximum Gasteiger partial charge on any atom is 0.0966 e. The van der Waals surface area contributed by atoms with Crippen LogP contribution in [0.15, 0.2) is 18.2 Å². The lowest BCUT2D eigenvalue weighted by atomic mass is 9.95. The van der Waals surface area contributed by atoms with Gasteiger partial charge in [-0.2, -0.15) is 0 Å². The van der Waals surface area contributed by atoms with E-state index in [1.165, 1.54) is 5.69 Å². The highest BCUT2D eigenvalue weighted by atomic mass is 16.5. The normalized spacial score (nSPS) is 18.8. The molecule has 1 saturated heterocycles. The summed E-state index contributed by atoms with van der Waals surface area (Å²) in [5.74, 6) is 0.553. The average molecular weight is 249 g/mol. The van der Waals surface area contributed by atoms with E-state index in [4.69, 9.17) is 14.5 Å². The molecule has 0 bridgehead atoms. The van der Waals surface area contributed by atoms with Crippen molar-refractivity contribution in [2.45, 2.75) is 45.1 Å². The predicted octanol–water partition coefficient (Wildman–Crippen LogP) is 3.46. The molecule has 1 unspecified atom stereocenters. The zero-order chi connectivity index (χ0) is 12.8. The third-order valence-corrected chi connectivity index (χ3v) is 3.42. The summed E-state index contributed by atoms with van der Waals surface area (Å²) >= 11 is 0. The van der Waals surface area contributed by atoms with E-state index in [0.29, 0.717) is 5.92 Å². The van der Waals surface area contributed by atoms with Crippen molar-refractivity contribution in [3.05, 3.63) is 29.6 Å². The number of hydrogen-bond acceptors (Lipinski definition) is 3. The number of hydrogen-bond donors (Lipinski definition) is 0. The van der Waals surface area contributed by atoms with E-state index in [-0.39, 0.29) is 6.10 Å². The molecule has 0 amide bonds. The molecule has 0 radical (unpaired) electrons. The van der Waals surface area contributed by atoms with E-state index in [0.717, 1.165) is 44.8 Å². The lowest BCUT2D eigenvalue weighted by molar-refractivity contribution is 0.0626. The maximum atomic E-state index is 5.73. The van der Waals surface area contributed by atoms with Crippen LogP contribution in [-0.4, -0.2) is 24.8 Å². The third kappa shape index (κ3) is 3.53. The molecule has 1 atom stereocenters. The Bertz CT molecular complexity index is 361. The van der Waals surface area contributed by atoms with Gasteiger partial charge in [0.25, 0.3) is 0 Å². The standard InChI is InChI=1S/C15H23NO2/c1-3-9-18-12(2)14-5-4-6-15(16-14)13-7-10-17-11-8-13/h4-6,12-13H,3,7-11H2,1-2H3. The number of aromatic nitrogens is 1. The smallest absolute Gasteiger partial charge is 0.0966 e. The molecule has 18 heavy (non-hydrogen) atoms. The van der Waals surface area contributed by atoms with Crippen molar-refractivity contribution in [1.29, 1.82) is 0 Å². The lowest BCUT2D eigenvalue weighted by Crippen LogP contribution is -2.16. The molecule has 0 spiro atoms. The summed E-state index contributed by atoms with van der Waals surface area (Å²) in [6.07, 6.45) is 3.30. The molecule has 100 valence electrons. The van der Waals surface area contributed by atoms with Crippen molar-refractivity contribution in [1.82, 2.24) is 4.98 Å². The number of ether oxygens (including phenoxy) is 2. The molecule has 1 aliphatic heterocycles. The van der Waals surface area contributed by atoms with Crippen LogP contribution in [0.2, 0.25) is 0 Å². The SMILES string of the molecule is CCCOC(C)c1cccc(C2CCOCC2)n1. The van der Waals surface area contributed by atoms with Crippen LogP contribution in [0.25, 0.3) is 0 Å². The minimum atomic E-state index is 0.0877. The van der Waals surface area contributed by atoms with Gasteiger partial charge in [0.2, 0.25) is 0 Å². The Kier molecular flexibility index (Phi) is 5.14. The fraction of sp³-hybridized carbons (Fsp3) is 0.667. The van der Waals surface area contributed by atoms with E-state index in [9.17, 15) is 0 Å². The molecule has 0 aliphatic carbocycles. The second kappa shape index (κ2) is 6.86. The van der Waals surface area contributed by atoms with Crippen LogP contribution in [0.3, 0.4) is 0 Å². The topological polar surface area (TPSA) is 31.4 Å². The van der Waals surface area contributed by atoms with E-state index in [2.05, 4.69) is 32.0 Å². The Morgan fingerprint density at radius 3 is 2.89 bits per heavy atom. The minimum Gasteiger partial charge on any atom is -0.381 e. The summed E-state index contributed by atoms with van der Waals surface area (Å²) in [4.78, 5) is 4.77. The van der Waals surface area contributed by atoms with Crippen LogP contribution >= 0.6 is 0 Å². The zero-order valence-corrected chi connectivity index (χ0v) is 11.4. The van der Waals surface area contributed by atoms with E-state index in [1.54, 1.807) is 0 Å². The summed E-state index contributed by atoms with van der Waals surface area (Å²) < 4.78 is 11.1. The van der Waals surface area contributed by atoms with Gasteiger partial charge in [-0.25, -0.2) is 0 Å². The van der Waals surface area contributed by atoms with Crippen molar-refractivity contribution in [2.24, 2.45) is 0 Å². The molecule has 1 fully saturated rings. The Morgan fingerprint density at radius 1 is 1.39 bits per heavy atom. The quantitative estimate of drug-likeness (QED) is 0.800. The minimum absolute atomic E-state index is 0.0877. The van der Waals surface area contributed by atoms with Gasteiger partial charge in [-0.1, -0.05) is 13.0 Å². The first-order valence-electron chi connectivity index (χ1n) is 6.97. The van der Waals surface area contributed by atoms with E-state index >= 15 is 0 Å². The van der Waals surface area contributed by atoms with Crippen molar-refractivity contribution in [3.8, 4) is 0 Å². The molecule has 1 aromatic rings. The summed E-state index contributed by atoms with van der Waals surface area (Å²) in [5, 5.41) is 0. The molecular formula is C15H23NO2. The lowest BCUT2D eigenvalue weighted by Gasteiger charge is -2.22. The highest BCUT2D eigenvalue weighted by Gasteiger charge is 2.18. The average Bonchev–Trinajstić information content (AvgIpc) is 2.46. The van der Waals surface area contributed by atoms with Crippen LogP contribution < -0.4 is 0 Å². The molecular weight excluding hydrogens is 226 g/mol. The molecule has 0 aromatic carbocycles. The van der Waals surface area contributed by atoms with Crippen molar-refractivity contribution >= 4 is 0 Å². The molecule has 1 aromatic heterocycles. The number of nitrogens with zero attached hydrogens (tertiary/aromatic N) is 1. The van der Waals surface area contributed by atoms with Crippen molar-refractivity contribution in [2.75, 3.05) is 19.8 Å². The largest absolute Gasteiger partial charge is 0.381 e. The second-order valence-electron chi connectivity index (χ2n) is 4.89. The number of pyridine rings is 1. The number of rotatable bonds is 5.